The molecule has 150 valence electrons. The van der Waals surface area contributed by atoms with Gasteiger partial charge in [0.1, 0.15) is 0 Å². The number of carbonyl (C=O) groups is 1. The first-order valence-electron chi connectivity index (χ1n) is 10.2. The van der Waals surface area contributed by atoms with Crippen LogP contribution >= 0.6 is 11.6 Å². The fourth-order valence-corrected chi connectivity index (χ4v) is 4.85. The van der Waals surface area contributed by atoms with Crippen molar-refractivity contribution >= 4 is 23.5 Å². The predicted molar refractivity (Wildman–Crippen MR) is 114 cm³/mol. The van der Waals surface area contributed by atoms with Crippen LogP contribution < -0.4 is 5.73 Å². The van der Waals surface area contributed by atoms with Gasteiger partial charge in [-0.2, -0.15) is 0 Å². The number of hydrogen-bond acceptors (Lipinski definition) is 4. The van der Waals surface area contributed by atoms with Gasteiger partial charge in [0.25, 0.3) is 5.91 Å². The number of hydrogen-bond donors (Lipinski definition) is 1. The van der Waals surface area contributed by atoms with Gasteiger partial charge in [0.15, 0.2) is 11.5 Å². The minimum absolute atomic E-state index is 0.0210. The summed E-state index contributed by atoms with van der Waals surface area (Å²) in [5, 5.41) is 0.690. The number of aliphatic imine (C=N–C) groups is 1. The maximum Gasteiger partial charge on any atom is 0.262 e. The van der Waals surface area contributed by atoms with E-state index >= 15 is 0 Å². The van der Waals surface area contributed by atoms with Gasteiger partial charge >= 0.3 is 0 Å². The summed E-state index contributed by atoms with van der Waals surface area (Å²) in [5.41, 5.74) is 8.40. The quantitative estimate of drug-likeness (QED) is 0.831. The van der Waals surface area contributed by atoms with Gasteiger partial charge in [0.05, 0.1) is 0 Å². The molecular formula is C23H24ClN3O2. The lowest BCUT2D eigenvalue weighted by atomic mass is 9.83. The van der Waals surface area contributed by atoms with Gasteiger partial charge in [0, 0.05) is 24.3 Å². The molecular weight excluding hydrogens is 386 g/mol. The molecule has 0 radical (unpaired) electrons. The molecule has 1 unspecified atom stereocenters. The molecule has 2 aromatic carbocycles. The molecule has 2 heterocycles. The van der Waals surface area contributed by atoms with E-state index in [0.717, 1.165) is 42.4 Å². The largest absolute Gasteiger partial charge is 0.381 e. The van der Waals surface area contributed by atoms with E-state index in [9.17, 15) is 4.79 Å². The number of benzene rings is 2. The fraction of sp³-hybridized carbons (Fsp3) is 0.391. The fourth-order valence-electron chi connectivity index (χ4n) is 4.66. The molecule has 29 heavy (non-hydrogen) atoms. The first kappa shape index (κ1) is 18.6. The molecule has 0 bridgehead atoms. The van der Waals surface area contributed by atoms with Gasteiger partial charge in [-0.1, -0.05) is 41.9 Å². The molecule has 1 atom stereocenters. The molecule has 2 N–H and O–H groups in total. The summed E-state index contributed by atoms with van der Waals surface area (Å²) in [7, 11) is 0. The van der Waals surface area contributed by atoms with E-state index in [-0.39, 0.29) is 17.9 Å². The van der Waals surface area contributed by atoms with Crippen molar-refractivity contribution in [2.75, 3.05) is 13.2 Å². The van der Waals surface area contributed by atoms with E-state index in [0.29, 0.717) is 24.2 Å². The van der Waals surface area contributed by atoms with Crippen molar-refractivity contribution in [3.8, 4) is 11.1 Å². The summed E-state index contributed by atoms with van der Waals surface area (Å²) in [4.78, 5) is 20.4. The summed E-state index contributed by atoms with van der Waals surface area (Å²) in [5.74, 6) is 0.572. The maximum absolute atomic E-state index is 13.8. The molecule has 2 aliphatic heterocycles. The second-order valence-corrected chi connectivity index (χ2v) is 8.56. The average molecular weight is 410 g/mol. The zero-order valence-electron chi connectivity index (χ0n) is 16.2. The molecule has 1 amide bonds. The molecule has 2 fully saturated rings. The Kier molecular flexibility index (Phi) is 4.60. The van der Waals surface area contributed by atoms with Crippen molar-refractivity contribution in [2.45, 2.75) is 37.3 Å². The van der Waals surface area contributed by atoms with E-state index in [1.807, 2.05) is 42.5 Å². The number of ether oxygens (including phenoxy) is 1. The van der Waals surface area contributed by atoms with Crippen molar-refractivity contribution in [2.24, 2.45) is 16.6 Å². The number of nitrogens with two attached hydrogens (primary N) is 1. The molecule has 0 spiro atoms. The Morgan fingerprint density at radius 2 is 1.72 bits per heavy atom. The first-order chi connectivity index (χ1) is 14.1. The lowest BCUT2D eigenvalue weighted by Gasteiger charge is -2.33. The standard InChI is InChI=1S/C23H24ClN3O2/c24-19-6-2-4-16(14-19)15-3-1-5-18(13-15)23(17-7-8-17)21(28)27(22(25)26-23)20-9-11-29-12-10-20/h1-6,13-14,17,20H,7-12H2,(H2,25,26). The number of nitrogens with zero attached hydrogens (tertiary/aromatic N) is 2. The van der Waals surface area contributed by atoms with Crippen LogP contribution in [0.15, 0.2) is 53.5 Å². The van der Waals surface area contributed by atoms with E-state index < -0.39 is 5.54 Å². The van der Waals surface area contributed by atoms with E-state index in [2.05, 4.69) is 6.07 Å². The van der Waals surface area contributed by atoms with Crippen LogP contribution in [-0.2, 0) is 15.1 Å². The third-order valence-corrected chi connectivity index (χ3v) is 6.50. The molecule has 2 aromatic rings. The Labute approximate surface area is 175 Å². The molecule has 1 aliphatic carbocycles. The second kappa shape index (κ2) is 7.15. The van der Waals surface area contributed by atoms with Gasteiger partial charge in [-0.15, -0.1) is 0 Å². The number of rotatable bonds is 4. The lowest BCUT2D eigenvalue weighted by molar-refractivity contribution is -0.135. The van der Waals surface area contributed by atoms with Crippen LogP contribution in [0.3, 0.4) is 0 Å². The van der Waals surface area contributed by atoms with Crippen molar-refractivity contribution in [1.29, 1.82) is 0 Å². The maximum atomic E-state index is 13.8. The van der Waals surface area contributed by atoms with Crippen LogP contribution in [0.5, 0.6) is 0 Å². The molecule has 5 rings (SSSR count). The molecule has 0 aromatic heterocycles. The highest BCUT2D eigenvalue weighted by Crippen LogP contribution is 2.52. The lowest BCUT2D eigenvalue weighted by Crippen LogP contribution is -2.51. The number of guanidine groups is 1. The summed E-state index contributed by atoms with van der Waals surface area (Å²) in [6, 6.07) is 15.9. The van der Waals surface area contributed by atoms with Gasteiger partial charge in [-0.05, 0) is 66.5 Å². The van der Waals surface area contributed by atoms with Crippen molar-refractivity contribution < 1.29 is 9.53 Å². The SMILES string of the molecule is NC1=NC(c2cccc(-c3cccc(Cl)c3)c2)(C2CC2)C(=O)N1C1CCOCC1. The van der Waals surface area contributed by atoms with Gasteiger partial charge in [-0.25, -0.2) is 4.99 Å². The third kappa shape index (κ3) is 3.13. The van der Waals surface area contributed by atoms with E-state index in [1.54, 1.807) is 4.90 Å². The van der Waals surface area contributed by atoms with Gasteiger partial charge < -0.3 is 10.5 Å². The highest BCUT2D eigenvalue weighted by Gasteiger charge is 2.59. The van der Waals surface area contributed by atoms with Gasteiger partial charge in [-0.3, -0.25) is 9.69 Å². The highest BCUT2D eigenvalue weighted by atomic mass is 35.5. The monoisotopic (exact) mass is 409 g/mol. The summed E-state index contributed by atoms with van der Waals surface area (Å²) in [6.07, 6.45) is 3.58. The molecule has 5 nitrogen and oxygen atoms in total. The summed E-state index contributed by atoms with van der Waals surface area (Å²) >= 11 is 6.19. The van der Waals surface area contributed by atoms with Crippen LogP contribution in [0.4, 0.5) is 0 Å². The number of halogens is 1. The van der Waals surface area contributed by atoms with Crippen molar-refractivity contribution in [1.82, 2.24) is 4.90 Å². The van der Waals surface area contributed by atoms with E-state index in [1.165, 1.54) is 0 Å². The minimum atomic E-state index is -0.906. The zero-order chi connectivity index (χ0) is 20.0. The normalized spacial score (nSPS) is 25.3. The second-order valence-electron chi connectivity index (χ2n) is 8.12. The Bertz CT molecular complexity index is 982. The van der Waals surface area contributed by atoms with Crippen molar-refractivity contribution in [3.63, 3.8) is 0 Å². The Balaban J connectivity index is 1.56. The molecule has 3 aliphatic rings. The molecule has 1 saturated heterocycles. The number of amides is 1. The van der Waals surface area contributed by atoms with E-state index in [4.69, 9.17) is 27.1 Å². The zero-order valence-corrected chi connectivity index (χ0v) is 16.9. The Morgan fingerprint density at radius 1 is 1.03 bits per heavy atom. The third-order valence-electron chi connectivity index (χ3n) is 6.27. The minimum Gasteiger partial charge on any atom is -0.381 e. The first-order valence-corrected chi connectivity index (χ1v) is 10.6. The summed E-state index contributed by atoms with van der Waals surface area (Å²) in [6.45, 7) is 1.31. The predicted octanol–water partition coefficient (Wildman–Crippen LogP) is 3.95. The molecule has 1 saturated carbocycles. The number of carbonyl (C=O) groups excluding carboxylic acids is 1. The topological polar surface area (TPSA) is 67.9 Å². The summed E-state index contributed by atoms with van der Waals surface area (Å²) < 4.78 is 5.47. The van der Waals surface area contributed by atoms with Crippen LogP contribution in [0.1, 0.15) is 31.2 Å². The molecule has 6 heteroatoms. The Morgan fingerprint density at radius 3 is 2.41 bits per heavy atom. The van der Waals surface area contributed by atoms with Crippen LogP contribution in [0, 0.1) is 5.92 Å². The Hall–Kier alpha value is -2.37. The average Bonchev–Trinajstić information content (AvgIpc) is 3.55. The smallest absolute Gasteiger partial charge is 0.262 e. The van der Waals surface area contributed by atoms with Crippen LogP contribution in [-0.4, -0.2) is 36.0 Å². The van der Waals surface area contributed by atoms with Crippen LogP contribution in [0.25, 0.3) is 11.1 Å². The van der Waals surface area contributed by atoms with Gasteiger partial charge in [0.2, 0.25) is 0 Å². The highest BCUT2D eigenvalue weighted by molar-refractivity contribution is 6.30. The van der Waals surface area contributed by atoms with Crippen molar-refractivity contribution in [3.05, 3.63) is 59.1 Å². The van der Waals surface area contributed by atoms with Crippen LogP contribution in [0.2, 0.25) is 5.02 Å².